The first-order chi connectivity index (χ1) is 8.97. The summed E-state index contributed by atoms with van der Waals surface area (Å²) in [4.78, 5) is 4.24. The fourth-order valence-corrected chi connectivity index (χ4v) is 2.39. The minimum atomic E-state index is 0.0412. The molecule has 0 radical (unpaired) electrons. The van der Waals surface area contributed by atoms with E-state index in [1.807, 2.05) is 37.4 Å². The van der Waals surface area contributed by atoms with Crippen LogP contribution in [0.4, 0.5) is 0 Å². The predicted molar refractivity (Wildman–Crippen MR) is 75.7 cm³/mol. The average molecular weight is 261 g/mol. The zero-order chi connectivity index (χ0) is 14.0. The standard InChI is InChI=1S/C14H23N5/c1-10(2)5-13(15)14-6-16-9-19(14)8-12-7-18(4)17-11(12)3/h6-7,9-10,13H,5,8,15H2,1-4H3. The lowest BCUT2D eigenvalue weighted by atomic mass is 10.0. The van der Waals surface area contributed by atoms with Gasteiger partial charge >= 0.3 is 0 Å². The lowest BCUT2D eigenvalue weighted by molar-refractivity contribution is 0.488. The third-order valence-electron chi connectivity index (χ3n) is 3.31. The molecular formula is C14H23N5. The summed E-state index contributed by atoms with van der Waals surface area (Å²) >= 11 is 0. The smallest absolute Gasteiger partial charge is 0.0951 e. The van der Waals surface area contributed by atoms with Crippen LogP contribution in [-0.2, 0) is 13.6 Å². The van der Waals surface area contributed by atoms with Gasteiger partial charge in [0, 0.05) is 31.0 Å². The van der Waals surface area contributed by atoms with Gasteiger partial charge in [0.2, 0.25) is 0 Å². The van der Waals surface area contributed by atoms with Crippen LogP contribution >= 0.6 is 0 Å². The Labute approximate surface area is 114 Å². The van der Waals surface area contributed by atoms with Crippen LogP contribution in [0.2, 0.25) is 0 Å². The average Bonchev–Trinajstić information content (AvgIpc) is 2.86. The highest BCUT2D eigenvalue weighted by molar-refractivity contribution is 5.17. The molecule has 0 spiro atoms. The zero-order valence-corrected chi connectivity index (χ0v) is 12.2. The molecule has 0 saturated heterocycles. The molecule has 0 aromatic carbocycles. The minimum absolute atomic E-state index is 0.0412. The van der Waals surface area contributed by atoms with Gasteiger partial charge in [0.15, 0.2) is 0 Å². The van der Waals surface area contributed by atoms with Crippen molar-refractivity contribution in [2.45, 2.75) is 39.8 Å². The number of nitrogens with two attached hydrogens (primary N) is 1. The summed E-state index contributed by atoms with van der Waals surface area (Å²) in [5.74, 6) is 0.582. The van der Waals surface area contributed by atoms with E-state index in [1.54, 1.807) is 0 Å². The molecule has 19 heavy (non-hydrogen) atoms. The van der Waals surface area contributed by atoms with E-state index < -0.39 is 0 Å². The highest BCUT2D eigenvalue weighted by Crippen LogP contribution is 2.19. The van der Waals surface area contributed by atoms with Crippen molar-refractivity contribution in [3.8, 4) is 0 Å². The lowest BCUT2D eigenvalue weighted by Crippen LogP contribution is -2.17. The van der Waals surface area contributed by atoms with Gasteiger partial charge < -0.3 is 10.3 Å². The van der Waals surface area contributed by atoms with E-state index in [0.29, 0.717) is 5.92 Å². The maximum absolute atomic E-state index is 6.26. The van der Waals surface area contributed by atoms with Crippen LogP contribution in [-0.4, -0.2) is 19.3 Å². The Morgan fingerprint density at radius 1 is 1.37 bits per heavy atom. The largest absolute Gasteiger partial charge is 0.329 e. The normalized spacial score (nSPS) is 13.2. The number of aromatic nitrogens is 4. The molecule has 104 valence electrons. The number of hydrogen-bond acceptors (Lipinski definition) is 3. The summed E-state index contributed by atoms with van der Waals surface area (Å²) in [7, 11) is 1.94. The Morgan fingerprint density at radius 3 is 2.68 bits per heavy atom. The molecule has 0 bridgehead atoms. The second-order valence-electron chi connectivity index (χ2n) is 5.60. The van der Waals surface area contributed by atoms with Gasteiger partial charge in [-0.05, 0) is 19.3 Å². The van der Waals surface area contributed by atoms with Crippen molar-refractivity contribution in [2.75, 3.05) is 0 Å². The summed E-state index contributed by atoms with van der Waals surface area (Å²) in [6, 6.07) is 0.0412. The second-order valence-corrected chi connectivity index (χ2v) is 5.60. The molecule has 0 fully saturated rings. The number of hydrogen-bond donors (Lipinski definition) is 1. The van der Waals surface area contributed by atoms with Gasteiger partial charge in [0.25, 0.3) is 0 Å². The number of aryl methyl sites for hydroxylation is 2. The Bertz CT molecular complexity index is 538. The van der Waals surface area contributed by atoms with Crippen LogP contribution < -0.4 is 5.73 Å². The van der Waals surface area contributed by atoms with Crippen LogP contribution in [0.15, 0.2) is 18.7 Å². The van der Waals surface area contributed by atoms with Crippen LogP contribution in [0, 0.1) is 12.8 Å². The van der Waals surface area contributed by atoms with Crippen molar-refractivity contribution in [1.82, 2.24) is 19.3 Å². The van der Waals surface area contributed by atoms with Gasteiger partial charge in [0.05, 0.1) is 24.3 Å². The molecule has 5 heteroatoms. The highest BCUT2D eigenvalue weighted by atomic mass is 15.3. The zero-order valence-electron chi connectivity index (χ0n) is 12.2. The van der Waals surface area contributed by atoms with Gasteiger partial charge in [-0.25, -0.2) is 4.98 Å². The van der Waals surface area contributed by atoms with Gasteiger partial charge in [-0.2, -0.15) is 5.10 Å². The van der Waals surface area contributed by atoms with Crippen molar-refractivity contribution in [3.63, 3.8) is 0 Å². The summed E-state index contributed by atoms with van der Waals surface area (Å²) < 4.78 is 3.96. The van der Waals surface area contributed by atoms with Crippen molar-refractivity contribution in [1.29, 1.82) is 0 Å². The molecule has 0 aliphatic rings. The van der Waals surface area contributed by atoms with E-state index in [9.17, 15) is 0 Å². The maximum Gasteiger partial charge on any atom is 0.0951 e. The summed E-state index contributed by atoms with van der Waals surface area (Å²) in [6.45, 7) is 7.18. The van der Waals surface area contributed by atoms with Crippen molar-refractivity contribution >= 4 is 0 Å². The molecule has 5 nitrogen and oxygen atoms in total. The van der Waals surface area contributed by atoms with E-state index >= 15 is 0 Å². The van der Waals surface area contributed by atoms with Gasteiger partial charge in [-0.1, -0.05) is 13.8 Å². The molecular weight excluding hydrogens is 238 g/mol. The molecule has 2 aromatic heterocycles. The van der Waals surface area contributed by atoms with Gasteiger partial charge in [-0.15, -0.1) is 0 Å². The maximum atomic E-state index is 6.26. The predicted octanol–water partition coefficient (Wildman–Crippen LogP) is 2.02. The monoisotopic (exact) mass is 261 g/mol. The van der Waals surface area contributed by atoms with E-state index in [0.717, 1.165) is 24.4 Å². The van der Waals surface area contributed by atoms with E-state index in [2.05, 4.69) is 28.5 Å². The molecule has 0 aliphatic heterocycles. The molecule has 1 atom stereocenters. The van der Waals surface area contributed by atoms with E-state index in [-0.39, 0.29) is 6.04 Å². The van der Waals surface area contributed by atoms with Crippen LogP contribution in [0.5, 0.6) is 0 Å². The summed E-state index contributed by atoms with van der Waals surface area (Å²) in [5.41, 5.74) is 9.61. The number of imidazole rings is 1. The summed E-state index contributed by atoms with van der Waals surface area (Å²) in [6.07, 6.45) is 6.74. The third-order valence-corrected chi connectivity index (χ3v) is 3.31. The van der Waals surface area contributed by atoms with Crippen molar-refractivity contribution in [2.24, 2.45) is 18.7 Å². The SMILES string of the molecule is Cc1nn(C)cc1Cn1cncc1C(N)CC(C)C. The van der Waals surface area contributed by atoms with Crippen molar-refractivity contribution in [3.05, 3.63) is 35.7 Å². The lowest BCUT2D eigenvalue weighted by Gasteiger charge is -2.16. The second kappa shape index (κ2) is 5.57. The third kappa shape index (κ3) is 3.23. The fraction of sp³-hybridized carbons (Fsp3) is 0.571. The molecule has 2 heterocycles. The Morgan fingerprint density at radius 2 is 2.11 bits per heavy atom. The fourth-order valence-electron chi connectivity index (χ4n) is 2.39. The van der Waals surface area contributed by atoms with Gasteiger partial charge in [0.1, 0.15) is 0 Å². The Kier molecular flexibility index (Phi) is 4.04. The van der Waals surface area contributed by atoms with Crippen LogP contribution in [0.3, 0.4) is 0 Å². The quantitative estimate of drug-likeness (QED) is 0.895. The molecule has 0 aliphatic carbocycles. The Hall–Kier alpha value is -1.62. The van der Waals surface area contributed by atoms with Crippen molar-refractivity contribution < 1.29 is 0 Å². The van der Waals surface area contributed by atoms with Gasteiger partial charge in [-0.3, -0.25) is 4.68 Å². The first-order valence-corrected chi connectivity index (χ1v) is 6.72. The number of rotatable bonds is 5. The molecule has 2 rings (SSSR count). The molecule has 0 amide bonds. The van der Waals surface area contributed by atoms with E-state index in [4.69, 9.17) is 5.73 Å². The highest BCUT2D eigenvalue weighted by Gasteiger charge is 2.14. The Balaban J connectivity index is 2.18. The molecule has 0 saturated carbocycles. The molecule has 2 aromatic rings. The number of nitrogens with zero attached hydrogens (tertiary/aromatic N) is 4. The molecule has 1 unspecified atom stereocenters. The minimum Gasteiger partial charge on any atom is -0.329 e. The first-order valence-electron chi connectivity index (χ1n) is 6.72. The first kappa shape index (κ1) is 13.8. The topological polar surface area (TPSA) is 61.7 Å². The summed E-state index contributed by atoms with van der Waals surface area (Å²) in [5, 5.41) is 4.37. The van der Waals surface area contributed by atoms with Crippen LogP contribution in [0.25, 0.3) is 0 Å². The van der Waals surface area contributed by atoms with E-state index in [1.165, 1.54) is 5.56 Å². The van der Waals surface area contributed by atoms with Crippen LogP contribution in [0.1, 0.15) is 43.3 Å². The molecule has 2 N–H and O–H groups in total.